The SMILES string of the molecule is Cc1ccc(C2(c3ccc(C)cc3)c3ccccc3-c3s[c]([Sn]([CH3])([CH3])[CH3])cc32)cc1. The van der Waals surface area contributed by atoms with Crippen LogP contribution in [0.15, 0.2) is 78.9 Å². The third-order valence-corrected chi connectivity index (χ3v) is 17.0. The molecule has 1 aromatic heterocycles. The van der Waals surface area contributed by atoms with Crippen molar-refractivity contribution in [2.45, 2.75) is 34.1 Å². The Balaban J connectivity index is 1.92. The van der Waals surface area contributed by atoms with E-state index in [0.29, 0.717) is 0 Å². The monoisotopic (exact) mass is 516 g/mol. The third-order valence-electron chi connectivity index (χ3n) is 6.42. The van der Waals surface area contributed by atoms with E-state index in [-0.39, 0.29) is 5.41 Å². The second-order valence-electron chi connectivity index (χ2n) is 9.63. The summed E-state index contributed by atoms with van der Waals surface area (Å²) in [5, 5.41) is 0. The van der Waals surface area contributed by atoms with Crippen LogP contribution in [-0.4, -0.2) is 18.4 Å². The molecule has 3 aromatic carbocycles. The first-order chi connectivity index (χ1) is 14.3. The fraction of sp³-hybridized carbons (Fsp3) is 0.214. The van der Waals surface area contributed by atoms with Gasteiger partial charge >= 0.3 is 189 Å². The Morgan fingerprint density at radius 2 is 1.20 bits per heavy atom. The normalized spacial score (nSPS) is 14.4. The molecular formula is C28H28SSn. The summed E-state index contributed by atoms with van der Waals surface area (Å²) in [6.45, 7) is 4.35. The van der Waals surface area contributed by atoms with Gasteiger partial charge in [-0.25, -0.2) is 0 Å². The summed E-state index contributed by atoms with van der Waals surface area (Å²) in [7, 11) is 0. The molecule has 0 bridgehead atoms. The van der Waals surface area contributed by atoms with Gasteiger partial charge in [0.15, 0.2) is 0 Å². The molecule has 4 aromatic rings. The number of fused-ring (bicyclic) bond motifs is 3. The van der Waals surface area contributed by atoms with Crippen molar-refractivity contribution in [1.82, 2.24) is 0 Å². The Bertz CT molecular complexity index is 1180. The summed E-state index contributed by atoms with van der Waals surface area (Å²) in [6.07, 6.45) is 0. The molecule has 30 heavy (non-hydrogen) atoms. The first-order valence-electron chi connectivity index (χ1n) is 10.7. The Hall–Kier alpha value is -1.84. The van der Waals surface area contributed by atoms with Crippen LogP contribution >= 0.6 is 11.3 Å². The fourth-order valence-corrected chi connectivity index (χ4v) is 11.2. The molecular weight excluding hydrogens is 487 g/mol. The van der Waals surface area contributed by atoms with Gasteiger partial charge in [0.05, 0.1) is 0 Å². The van der Waals surface area contributed by atoms with Crippen molar-refractivity contribution >= 4 is 32.6 Å². The molecule has 0 saturated heterocycles. The number of rotatable bonds is 3. The molecule has 5 rings (SSSR count). The predicted octanol–water partition coefficient (Wildman–Crippen LogP) is 7.27. The quantitative estimate of drug-likeness (QED) is 0.222. The van der Waals surface area contributed by atoms with Crippen LogP contribution in [-0.2, 0) is 5.41 Å². The first kappa shape index (κ1) is 20.1. The molecule has 0 amide bonds. The minimum atomic E-state index is -2.20. The second kappa shape index (κ2) is 7.10. The number of benzene rings is 3. The predicted molar refractivity (Wildman–Crippen MR) is 134 cm³/mol. The van der Waals surface area contributed by atoms with Gasteiger partial charge in [0.1, 0.15) is 0 Å². The van der Waals surface area contributed by atoms with Crippen molar-refractivity contribution in [1.29, 1.82) is 0 Å². The van der Waals surface area contributed by atoms with Crippen molar-refractivity contribution in [2.24, 2.45) is 0 Å². The summed E-state index contributed by atoms with van der Waals surface area (Å²) < 4.78 is 1.66. The van der Waals surface area contributed by atoms with E-state index in [1.165, 1.54) is 43.8 Å². The fourth-order valence-electron chi connectivity index (χ4n) is 4.79. The Morgan fingerprint density at radius 3 is 1.73 bits per heavy atom. The molecule has 0 nitrogen and oxygen atoms in total. The molecule has 1 aliphatic rings. The number of aryl methyl sites for hydroxylation is 2. The van der Waals surface area contributed by atoms with Gasteiger partial charge in [0.25, 0.3) is 0 Å². The van der Waals surface area contributed by atoms with Gasteiger partial charge in [-0.1, -0.05) is 0 Å². The van der Waals surface area contributed by atoms with E-state index in [1.807, 2.05) is 0 Å². The van der Waals surface area contributed by atoms with Gasteiger partial charge in [-0.05, 0) is 0 Å². The number of hydrogen-bond acceptors (Lipinski definition) is 1. The molecule has 0 aliphatic heterocycles. The van der Waals surface area contributed by atoms with Gasteiger partial charge in [-0.2, -0.15) is 0 Å². The Labute approximate surface area is 188 Å². The molecule has 2 heteroatoms. The van der Waals surface area contributed by atoms with Crippen LogP contribution in [0.4, 0.5) is 0 Å². The van der Waals surface area contributed by atoms with Gasteiger partial charge < -0.3 is 0 Å². The summed E-state index contributed by atoms with van der Waals surface area (Å²) in [5.74, 6) is 0. The molecule has 0 spiro atoms. The van der Waals surface area contributed by atoms with Crippen molar-refractivity contribution in [3.05, 3.63) is 112 Å². The van der Waals surface area contributed by atoms with Gasteiger partial charge in [-0.15, -0.1) is 0 Å². The number of hydrogen-bond donors (Lipinski definition) is 0. The Kier molecular flexibility index (Phi) is 4.75. The maximum absolute atomic E-state index is 2.58. The molecule has 0 atom stereocenters. The van der Waals surface area contributed by atoms with Crippen LogP contribution in [0.1, 0.15) is 33.4 Å². The molecule has 0 saturated carbocycles. The topological polar surface area (TPSA) is 0 Å². The molecule has 0 radical (unpaired) electrons. The van der Waals surface area contributed by atoms with Crippen LogP contribution < -0.4 is 2.89 Å². The summed E-state index contributed by atoms with van der Waals surface area (Å²) in [6, 6.07) is 30.1. The van der Waals surface area contributed by atoms with Crippen molar-refractivity contribution < 1.29 is 0 Å². The first-order valence-corrected chi connectivity index (χ1v) is 21.5. The van der Waals surface area contributed by atoms with E-state index < -0.39 is 18.4 Å². The summed E-state index contributed by atoms with van der Waals surface area (Å²) in [5.41, 5.74) is 9.45. The van der Waals surface area contributed by atoms with Crippen molar-refractivity contribution in [2.75, 3.05) is 0 Å². The molecule has 0 N–H and O–H groups in total. The average molecular weight is 515 g/mol. The van der Waals surface area contributed by atoms with E-state index >= 15 is 0 Å². The molecule has 0 fully saturated rings. The zero-order valence-electron chi connectivity index (χ0n) is 18.4. The zero-order valence-corrected chi connectivity index (χ0v) is 22.1. The number of thiophene rings is 1. The summed E-state index contributed by atoms with van der Waals surface area (Å²) >= 11 is -0.140. The molecule has 0 unspecified atom stereocenters. The van der Waals surface area contributed by atoms with Crippen LogP contribution in [0.5, 0.6) is 0 Å². The van der Waals surface area contributed by atoms with Gasteiger partial charge in [0, 0.05) is 0 Å². The van der Waals surface area contributed by atoms with Crippen LogP contribution in [0.25, 0.3) is 10.4 Å². The third kappa shape index (κ3) is 2.93. The van der Waals surface area contributed by atoms with Gasteiger partial charge in [0.2, 0.25) is 0 Å². The minimum absolute atomic E-state index is 0.237. The van der Waals surface area contributed by atoms with E-state index in [1.54, 1.807) is 2.89 Å². The van der Waals surface area contributed by atoms with E-state index in [9.17, 15) is 0 Å². The standard InChI is InChI=1S/C25H19S.3CH3.Sn/c1-17-7-11-19(12-8-17)25(20-13-9-18(2)10-14-20)22-6-4-3-5-21(22)24-23(25)15-16-26-24;;;;/h3-15H,1-2H3;3*1H3;. The van der Waals surface area contributed by atoms with E-state index in [0.717, 1.165) is 0 Å². The molecule has 1 heterocycles. The second-order valence-corrected chi connectivity index (χ2v) is 26.1. The van der Waals surface area contributed by atoms with Gasteiger partial charge in [-0.3, -0.25) is 0 Å². The van der Waals surface area contributed by atoms with Crippen LogP contribution in [0, 0.1) is 13.8 Å². The van der Waals surface area contributed by atoms with E-state index in [4.69, 9.17) is 0 Å². The van der Waals surface area contributed by atoms with Crippen LogP contribution in [0.3, 0.4) is 0 Å². The molecule has 1 aliphatic carbocycles. The average Bonchev–Trinajstić information content (AvgIpc) is 3.27. The van der Waals surface area contributed by atoms with Crippen LogP contribution in [0.2, 0.25) is 14.8 Å². The van der Waals surface area contributed by atoms with E-state index in [2.05, 4.69) is 119 Å². The Morgan fingerprint density at radius 1 is 0.667 bits per heavy atom. The zero-order chi connectivity index (χ0) is 21.1. The van der Waals surface area contributed by atoms with Crippen molar-refractivity contribution in [3.63, 3.8) is 0 Å². The maximum atomic E-state index is 2.58. The van der Waals surface area contributed by atoms with Crippen molar-refractivity contribution in [3.8, 4) is 10.4 Å². The summed E-state index contributed by atoms with van der Waals surface area (Å²) in [4.78, 5) is 9.07. The molecule has 150 valence electrons.